The topological polar surface area (TPSA) is 77.7 Å². The average molecular weight is 474 g/mol. The first kappa shape index (κ1) is 22.2. The number of ether oxygens (including phenoxy) is 1. The van der Waals surface area contributed by atoms with Crippen LogP contribution in [0.1, 0.15) is 30.9 Å². The first-order valence-electron chi connectivity index (χ1n) is 8.38. The number of nitrogens with one attached hydrogen (secondary N) is 1. The fourth-order valence-electron chi connectivity index (χ4n) is 2.82. The summed E-state index contributed by atoms with van der Waals surface area (Å²) in [5.41, 5.74) is 0.737. The van der Waals surface area contributed by atoms with Crippen molar-refractivity contribution in [1.29, 1.82) is 5.26 Å². The van der Waals surface area contributed by atoms with E-state index in [-0.39, 0.29) is 42.4 Å². The Bertz CT molecular complexity index is 682. The van der Waals surface area contributed by atoms with E-state index in [2.05, 4.69) is 15.2 Å². The molecule has 0 aliphatic carbocycles. The summed E-state index contributed by atoms with van der Waals surface area (Å²) in [7, 11) is 1.41. The van der Waals surface area contributed by atoms with Crippen LogP contribution in [0.25, 0.3) is 0 Å². The molecular weight excluding hydrogens is 450 g/mol. The second-order valence-corrected chi connectivity index (χ2v) is 5.87. The van der Waals surface area contributed by atoms with Crippen molar-refractivity contribution >= 4 is 35.9 Å². The van der Waals surface area contributed by atoms with Crippen LogP contribution in [0.5, 0.6) is 0 Å². The maximum Gasteiger partial charge on any atom is 0.308 e. The Morgan fingerprint density at radius 2 is 2.15 bits per heavy atom. The summed E-state index contributed by atoms with van der Waals surface area (Å²) >= 11 is 0. The van der Waals surface area contributed by atoms with Crippen LogP contribution in [-0.2, 0) is 16.1 Å². The number of nitrogens with zero attached hydrogens (tertiary/aromatic N) is 3. The van der Waals surface area contributed by atoms with Crippen LogP contribution in [0.15, 0.2) is 23.2 Å². The highest BCUT2D eigenvalue weighted by molar-refractivity contribution is 14.0. The highest BCUT2D eigenvalue weighted by Gasteiger charge is 2.26. The summed E-state index contributed by atoms with van der Waals surface area (Å²) in [5, 5.41) is 12.0. The quantitative estimate of drug-likeness (QED) is 0.314. The van der Waals surface area contributed by atoms with E-state index < -0.39 is 5.82 Å². The molecule has 1 aliphatic rings. The lowest BCUT2D eigenvalue weighted by Gasteiger charge is -2.33. The second-order valence-electron chi connectivity index (χ2n) is 5.87. The lowest BCUT2D eigenvalue weighted by Crippen LogP contribution is -2.46. The molecule has 0 amide bonds. The van der Waals surface area contributed by atoms with Crippen LogP contribution >= 0.6 is 24.0 Å². The van der Waals surface area contributed by atoms with Gasteiger partial charge >= 0.3 is 5.97 Å². The minimum absolute atomic E-state index is 0. The first-order valence-corrected chi connectivity index (χ1v) is 8.38. The van der Waals surface area contributed by atoms with Gasteiger partial charge in [-0.25, -0.2) is 9.38 Å². The predicted octanol–water partition coefficient (Wildman–Crippen LogP) is 2.67. The first-order chi connectivity index (χ1) is 12.1. The lowest BCUT2D eigenvalue weighted by atomic mass is 9.97. The van der Waals surface area contributed by atoms with Gasteiger partial charge in [-0.2, -0.15) is 5.26 Å². The Morgan fingerprint density at radius 3 is 2.69 bits per heavy atom. The molecule has 0 atom stereocenters. The van der Waals surface area contributed by atoms with Gasteiger partial charge in [0.1, 0.15) is 5.82 Å². The molecule has 1 aliphatic heterocycles. The zero-order valence-corrected chi connectivity index (χ0v) is 17.3. The summed E-state index contributed by atoms with van der Waals surface area (Å²) in [6.45, 7) is 4.25. The number of hydrogen-bond donors (Lipinski definition) is 1. The zero-order chi connectivity index (χ0) is 18.2. The molecule has 1 fully saturated rings. The number of carbonyl (C=O) groups excluding carboxylic acids is 1. The molecule has 1 aromatic rings. The maximum atomic E-state index is 14.0. The monoisotopic (exact) mass is 474 g/mol. The number of piperidine rings is 1. The van der Waals surface area contributed by atoms with Crippen molar-refractivity contribution in [2.75, 3.05) is 26.7 Å². The number of nitriles is 1. The van der Waals surface area contributed by atoms with Crippen LogP contribution in [-0.4, -0.2) is 43.6 Å². The second kappa shape index (κ2) is 11.0. The van der Waals surface area contributed by atoms with Gasteiger partial charge in [0.25, 0.3) is 0 Å². The van der Waals surface area contributed by atoms with E-state index in [1.807, 2.05) is 13.0 Å². The molecule has 1 saturated heterocycles. The van der Waals surface area contributed by atoms with Crippen LogP contribution in [0, 0.1) is 23.1 Å². The highest BCUT2D eigenvalue weighted by atomic mass is 127. The van der Waals surface area contributed by atoms with Crippen molar-refractivity contribution in [3.05, 3.63) is 35.1 Å². The Kier molecular flexibility index (Phi) is 9.34. The number of guanidine groups is 1. The van der Waals surface area contributed by atoms with Crippen molar-refractivity contribution in [2.24, 2.45) is 10.9 Å². The molecule has 0 bridgehead atoms. The van der Waals surface area contributed by atoms with Gasteiger partial charge in [-0.15, -0.1) is 24.0 Å². The summed E-state index contributed by atoms with van der Waals surface area (Å²) < 4.78 is 18.8. The molecule has 1 N–H and O–H groups in total. The molecular formula is C18H24FIN4O2. The van der Waals surface area contributed by atoms with Crippen LogP contribution in [0.2, 0.25) is 0 Å². The van der Waals surface area contributed by atoms with Gasteiger partial charge < -0.3 is 15.0 Å². The fraction of sp³-hybridized carbons (Fsp3) is 0.500. The van der Waals surface area contributed by atoms with Crippen LogP contribution in [0.4, 0.5) is 4.39 Å². The molecule has 0 spiro atoms. The van der Waals surface area contributed by atoms with Gasteiger partial charge in [-0.05, 0) is 31.9 Å². The van der Waals surface area contributed by atoms with E-state index >= 15 is 0 Å². The Balaban J connectivity index is 0.00000338. The van der Waals surface area contributed by atoms with Gasteiger partial charge in [-0.1, -0.05) is 6.07 Å². The number of carbonyl (C=O) groups is 1. The molecule has 142 valence electrons. The van der Waals surface area contributed by atoms with E-state index in [0.717, 1.165) is 0 Å². The molecule has 1 heterocycles. The molecule has 26 heavy (non-hydrogen) atoms. The van der Waals surface area contributed by atoms with Crippen LogP contribution < -0.4 is 5.32 Å². The molecule has 6 nitrogen and oxygen atoms in total. The summed E-state index contributed by atoms with van der Waals surface area (Å²) in [6, 6.07) is 6.31. The van der Waals surface area contributed by atoms with E-state index in [9.17, 15) is 9.18 Å². The molecule has 8 heteroatoms. The summed E-state index contributed by atoms with van der Waals surface area (Å²) in [4.78, 5) is 18.2. The number of likely N-dealkylation sites (tertiary alicyclic amines) is 1. The normalized spacial score (nSPS) is 15.0. The maximum absolute atomic E-state index is 14.0. The van der Waals surface area contributed by atoms with Gasteiger partial charge in [0.2, 0.25) is 0 Å². The minimum atomic E-state index is -0.428. The highest BCUT2D eigenvalue weighted by Crippen LogP contribution is 2.19. The summed E-state index contributed by atoms with van der Waals surface area (Å²) in [6.07, 6.45) is 1.42. The van der Waals surface area contributed by atoms with Gasteiger partial charge in [-0.3, -0.25) is 4.79 Å². The number of halogens is 2. The van der Waals surface area contributed by atoms with E-state index in [4.69, 9.17) is 10.00 Å². The lowest BCUT2D eigenvalue weighted by molar-refractivity contribution is -0.146. The van der Waals surface area contributed by atoms with E-state index in [1.54, 1.807) is 12.1 Å². The molecule has 0 radical (unpaired) electrons. The Hall–Kier alpha value is -1.89. The SMILES string of the molecule is CCNC(=NCc1ccc(C#N)cc1F)N1CCC(C(=O)OC)CC1.I. The number of hydrogen-bond acceptors (Lipinski definition) is 4. The zero-order valence-electron chi connectivity index (χ0n) is 15.0. The minimum Gasteiger partial charge on any atom is -0.469 e. The average Bonchev–Trinajstić information content (AvgIpc) is 2.65. The molecule has 1 aromatic carbocycles. The summed E-state index contributed by atoms with van der Waals surface area (Å²) in [5.74, 6) is 0.0407. The number of aliphatic imine (C=N–C) groups is 1. The van der Waals surface area contributed by atoms with E-state index in [1.165, 1.54) is 13.2 Å². The van der Waals surface area contributed by atoms with Gasteiger partial charge in [0.05, 0.1) is 31.2 Å². The standard InChI is InChI=1S/C18H23FN4O2.HI/c1-3-21-18(23-8-6-14(7-9-23)17(24)25-2)22-12-15-5-4-13(11-20)10-16(15)19;/h4-5,10,14H,3,6-9,12H2,1-2H3,(H,21,22);1H. The molecule has 0 unspecified atom stereocenters. The van der Waals surface area contributed by atoms with Crippen molar-refractivity contribution in [1.82, 2.24) is 10.2 Å². The third-order valence-corrected chi connectivity index (χ3v) is 4.25. The molecule has 0 aromatic heterocycles. The van der Waals surface area contributed by atoms with E-state index in [0.29, 0.717) is 49.6 Å². The van der Waals surface area contributed by atoms with Crippen molar-refractivity contribution in [2.45, 2.75) is 26.3 Å². The third-order valence-electron chi connectivity index (χ3n) is 4.25. The Morgan fingerprint density at radius 1 is 1.46 bits per heavy atom. The van der Waals surface area contributed by atoms with Crippen molar-refractivity contribution in [3.63, 3.8) is 0 Å². The molecule has 0 saturated carbocycles. The number of methoxy groups -OCH3 is 1. The molecule has 2 rings (SSSR count). The van der Waals surface area contributed by atoms with Crippen molar-refractivity contribution in [3.8, 4) is 6.07 Å². The van der Waals surface area contributed by atoms with Crippen LogP contribution in [0.3, 0.4) is 0 Å². The fourth-order valence-corrected chi connectivity index (χ4v) is 2.82. The Labute approximate surface area is 170 Å². The largest absolute Gasteiger partial charge is 0.469 e. The smallest absolute Gasteiger partial charge is 0.308 e. The number of esters is 1. The predicted molar refractivity (Wildman–Crippen MR) is 108 cm³/mol. The third kappa shape index (κ3) is 5.83. The number of benzene rings is 1. The van der Waals surface area contributed by atoms with Crippen molar-refractivity contribution < 1.29 is 13.9 Å². The number of rotatable bonds is 4. The van der Waals surface area contributed by atoms with Gasteiger partial charge in [0, 0.05) is 25.2 Å². The van der Waals surface area contributed by atoms with Gasteiger partial charge in [0.15, 0.2) is 5.96 Å².